The molecule has 2 heterocycles. The van der Waals surface area contributed by atoms with Crippen molar-refractivity contribution in [3.05, 3.63) is 47.8 Å². The molecule has 2 aromatic heterocycles. The van der Waals surface area contributed by atoms with Crippen LogP contribution < -0.4 is 0 Å². The van der Waals surface area contributed by atoms with E-state index < -0.39 is 0 Å². The molecule has 0 atom stereocenters. The van der Waals surface area contributed by atoms with Crippen LogP contribution >= 0.6 is 9.53 Å². The second-order valence-corrected chi connectivity index (χ2v) is 7.36. The molecule has 0 radical (unpaired) electrons. The molecule has 156 valence electrons. The van der Waals surface area contributed by atoms with Crippen LogP contribution in [0, 0.1) is 0 Å². The van der Waals surface area contributed by atoms with Gasteiger partial charge in [0.15, 0.2) is 0 Å². The third-order valence-corrected chi connectivity index (χ3v) is 3.51. The average molecular weight is 577 g/mol. The first-order valence-corrected chi connectivity index (χ1v) is 11.3. The van der Waals surface area contributed by atoms with E-state index in [4.69, 9.17) is 23.9 Å². The Hall–Kier alpha value is -1.74. The van der Waals surface area contributed by atoms with Gasteiger partial charge in [-0.2, -0.15) is 0 Å². The normalized spacial score (nSPS) is 9.57. The fourth-order valence-electron chi connectivity index (χ4n) is 2.07. The zero-order valence-electron chi connectivity index (χ0n) is 17.1. The SMILES string of the molecule is CC(C)(C)c1ccnc(-c2cc(C(C)(C)C)ccn2)c1.[CH-]=O.[CH-]=O.[CH-]=O.[Cl][Re]. The van der Waals surface area contributed by atoms with Gasteiger partial charge in [0.25, 0.3) is 0 Å². The number of carbonyl (C=O) groups excluding carboxylic acids is 3. The number of hydrogen-bond donors (Lipinski definition) is 0. The minimum absolute atomic E-state index is 0.124. The summed E-state index contributed by atoms with van der Waals surface area (Å²) in [6.45, 7) is 23.0. The molecule has 0 N–H and O–H groups in total. The third kappa shape index (κ3) is 11.2. The summed E-state index contributed by atoms with van der Waals surface area (Å²) in [4.78, 5) is 32.2. The summed E-state index contributed by atoms with van der Waals surface area (Å²) in [6.07, 6.45) is 3.75. The van der Waals surface area contributed by atoms with E-state index in [0.29, 0.717) is 0 Å². The summed E-state index contributed by atoms with van der Waals surface area (Å²) >= 11 is 1.19. The first kappa shape index (κ1) is 31.0. The molecular formula is C21H27ClN2O3Re-3. The van der Waals surface area contributed by atoms with Crippen molar-refractivity contribution in [2.45, 2.75) is 52.4 Å². The molecule has 5 nitrogen and oxygen atoms in total. The molecule has 0 unspecified atom stereocenters. The van der Waals surface area contributed by atoms with Crippen molar-refractivity contribution in [1.82, 2.24) is 9.97 Å². The summed E-state index contributed by atoms with van der Waals surface area (Å²) in [6, 6.07) is 8.46. The predicted octanol–water partition coefficient (Wildman–Crippen LogP) is 4.60. The molecule has 2 aromatic rings. The van der Waals surface area contributed by atoms with E-state index in [-0.39, 0.29) is 10.8 Å². The zero-order valence-corrected chi connectivity index (χ0v) is 20.5. The van der Waals surface area contributed by atoms with E-state index >= 15 is 0 Å². The van der Waals surface area contributed by atoms with Crippen molar-refractivity contribution in [2.75, 3.05) is 0 Å². The molecule has 0 bridgehead atoms. The van der Waals surface area contributed by atoms with E-state index in [1.54, 1.807) is 0 Å². The Bertz CT molecular complexity index is 611. The van der Waals surface area contributed by atoms with Crippen LogP contribution in [0.3, 0.4) is 0 Å². The van der Waals surface area contributed by atoms with Gasteiger partial charge in [0.2, 0.25) is 0 Å². The van der Waals surface area contributed by atoms with Crippen LogP contribution in [0.4, 0.5) is 0 Å². The van der Waals surface area contributed by atoms with Crippen LogP contribution in [0.25, 0.3) is 11.4 Å². The monoisotopic (exact) mass is 577 g/mol. The van der Waals surface area contributed by atoms with E-state index in [9.17, 15) is 0 Å². The Kier molecular flexibility index (Phi) is 18.0. The summed E-state index contributed by atoms with van der Waals surface area (Å²) < 4.78 is 0. The van der Waals surface area contributed by atoms with Crippen LogP contribution in [-0.2, 0) is 43.4 Å². The van der Waals surface area contributed by atoms with Crippen molar-refractivity contribution < 1.29 is 32.6 Å². The standard InChI is InChI=1S/C18H24N2.3CHO.ClH.Re/c1-17(2,3)13-7-9-19-15(11-13)16-12-14(8-10-20-16)18(4,5)6;3*1-2;;/h7-12H,1-6H3;3*1H;1H;/q;3*-1;;+1/p-1. The number of rotatable bonds is 1. The van der Waals surface area contributed by atoms with E-state index in [1.807, 2.05) is 12.4 Å². The Balaban J connectivity index is -0.000000695. The zero-order chi connectivity index (χ0) is 23.0. The number of halogens is 1. The second-order valence-electron chi connectivity index (χ2n) is 7.36. The van der Waals surface area contributed by atoms with Crippen LogP contribution in [0.15, 0.2) is 36.7 Å². The van der Waals surface area contributed by atoms with E-state index in [1.165, 1.54) is 29.3 Å². The Labute approximate surface area is 183 Å². The molecule has 2 rings (SSSR count). The topological polar surface area (TPSA) is 77.0 Å². The molecule has 0 aliphatic heterocycles. The first-order chi connectivity index (χ1) is 13.2. The quantitative estimate of drug-likeness (QED) is 0.366. The molecule has 7 heteroatoms. The number of pyridine rings is 2. The number of hydrogen-bond acceptors (Lipinski definition) is 5. The fraction of sp³-hybridized carbons (Fsp3) is 0.381. The van der Waals surface area contributed by atoms with Gasteiger partial charge in [-0.1, -0.05) is 41.5 Å². The van der Waals surface area contributed by atoms with E-state index in [2.05, 4.69) is 96.1 Å². The minimum atomic E-state index is 0.124. The average Bonchev–Trinajstić information content (AvgIpc) is 2.73. The van der Waals surface area contributed by atoms with Crippen molar-refractivity contribution in [3.8, 4) is 11.4 Å². The third-order valence-electron chi connectivity index (χ3n) is 3.51. The molecule has 0 saturated heterocycles. The van der Waals surface area contributed by atoms with E-state index in [0.717, 1.165) is 11.4 Å². The van der Waals surface area contributed by atoms with Crippen molar-refractivity contribution in [2.24, 2.45) is 0 Å². The van der Waals surface area contributed by atoms with Gasteiger partial charge in [-0.3, -0.25) is 30.3 Å². The summed E-state index contributed by atoms with van der Waals surface area (Å²) in [5.41, 5.74) is 4.71. The Morgan fingerprint density at radius 2 is 0.929 bits per heavy atom. The van der Waals surface area contributed by atoms with Gasteiger partial charge in [-0.15, -0.1) is 0 Å². The summed E-state index contributed by atoms with van der Waals surface area (Å²) in [5, 5.41) is 0. The van der Waals surface area contributed by atoms with Gasteiger partial charge in [0.05, 0.1) is 11.4 Å². The first-order valence-electron chi connectivity index (χ1n) is 7.96. The molecule has 28 heavy (non-hydrogen) atoms. The predicted molar refractivity (Wildman–Crippen MR) is 111 cm³/mol. The Morgan fingerprint density at radius 1 is 0.679 bits per heavy atom. The van der Waals surface area contributed by atoms with Crippen LogP contribution in [0.1, 0.15) is 52.7 Å². The van der Waals surface area contributed by atoms with Crippen LogP contribution in [0.5, 0.6) is 0 Å². The van der Waals surface area contributed by atoms with Crippen LogP contribution in [-0.4, -0.2) is 30.3 Å². The van der Waals surface area contributed by atoms with Gasteiger partial charge in [-0.25, -0.2) is 0 Å². The molecule has 0 amide bonds. The fourth-order valence-corrected chi connectivity index (χ4v) is 2.07. The van der Waals surface area contributed by atoms with Crippen molar-refractivity contribution in [3.63, 3.8) is 0 Å². The Morgan fingerprint density at radius 3 is 1.14 bits per heavy atom. The molecule has 0 fully saturated rings. The van der Waals surface area contributed by atoms with Gasteiger partial charge in [0, 0.05) is 12.4 Å². The van der Waals surface area contributed by atoms with Gasteiger partial charge < -0.3 is 14.4 Å². The molecule has 0 saturated carbocycles. The summed E-state index contributed by atoms with van der Waals surface area (Å²) in [5.74, 6) is 0. The molecule has 0 spiro atoms. The number of aromatic nitrogens is 2. The number of nitrogens with zero attached hydrogens (tertiary/aromatic N) is 2. The van der Waals surface area contributed by atoms with Crippen molar-refractivity contribution in [1.29, 1.82) is 0 Å². The van der Waals surface area contributed by atoms with Gasteiger partial charge in [0.1, 0.15) is 0 Å². The summed E-state index contributed by atoms with van der Waals surface area (Å²) in [7, 11) is 4.69. The molecule has 0 aliphatic carbocycles. The van der Waals surface area contributed by atoms with Crippen LogP contribution in [0.2, 0.25) is 0 Å². The molecular weight excluding hydrogens is 550 g/mol. The van der Waals surface area contributed by atoms with Gasteiger partial charge >= 0.3 is 27.7 Å². The maximum atomic E-state index is 7.75. The molecule has 0 aliphatic rings. The molecule has 0 aromatic carbocycles. The van der Waals surface area contributed by atoms with Gasteiger partial charge in [-0.05, 0) is 46.2 Å². The van der Waals surface area contributed by atoms with Crippen molar-refractivity contribution >= 4 is 29.9 Å². The maximum absolute atomic E-state index is 7.75. The second kappa shape index (κ2) is 16.2.